The van der Waals surface area contributed by atoms with Gasteiger partial charge in [0.25, 0.3) is 0 Å². The third kappa shape index (κ3) is 2.33. The van der Waals surface area contributed by atoms with Crippen molar-refractivity contribution in [3.8, 4) is 17.3 Å². The van der Waals surface area contributed by atoms with Crippen molar-refractivity contribution in [2.75, 3.05) is 0 Å². The summed E-state index contributed by atoms with van der Waals surface area (Å²) in [6, 6.07) is 18.5. The largest absolute Gasteiger partial charge is 0.197 e. The summed E-state index contributed by atoms with van der Waals surface area (Å²) in [5.74, 6) is 0. The van der Waals surface area contributed by atoms with Gasteiger partial charge in [-0.25, -0.2) is 0 Å². The number of hydrogen-bond acceptors (Lipinski definition) is 3. The van der Waals surface area contributed by atoms with Crippen LogP contribution in [-0.2, 0) is 5.41 Å². The van der Waals surface area contributed by atoms with E-state index in [4.69, 9.17) is 0 Å². The van der Waals surface area contributed by atoms with Crippen molar-refractivity contribution >= 4 is 10.8 Å². The minimum absolute atomic E-state index is 0.487. The van der Waals surface area contributed by atoms with Gasteiger partial charge < -0.3 is 0 Å². The molecule has 0 N–H and O–H groups in total. The maximum absolute atomic E-state index is 9.23. The minimum Gasteiger partial charge on any atom is -0.197 e. The molecule has 108 valence electrons. The number of nitrogens with zero attached hydrogens (tertiary/aromatic N) is 3. The van der Waals surface area contributed by atoms with Gasteiger partial charge in [-0.2, -0.15) is 10.4 Å². The fourth-order valence-electron chi connectivity index (χ4n) is 2.56. The molecule has 0 aliphatic heterocycles. The molecule has 0 fully saturated rings. The molecule has 1 heterocycles. The Morgan fingerprint density at radius 2 is 1.55 bits per heavy atom. The van der Waals surface area contributed by atoms with E-state index in [0.717, 1.165) is 33.3 Å². The van der Waals surface area contributed by atoms with E-state index in [9.17, 15) is 5.26 Å². The van der Waals surface area contributed by atoms with Crippen LogP contribution in [0.2, 0.25) is 0 Å². The molecule has 2 aromatic carbocycles. The van der Waals surface area contributed by atoms with E-state index in [1.165, 1.54) is 0 Å². The Bertz CT molecular complexity index is 871. The molecule has 3 rings (SSSR count). The van der Waals surface area contributed by atoms with E-state index in [-0.39, 0.29) is 0 Å². The van der Waals surface area contributed by atoms with Gasteiger partial charge in [0.1, 0.15) is 5.69 Å². The van der Waals surface area contributed by atoms with E-state index in [0.29, 0.717) is 0 Å². The molecule has 3 nitrogen and oxygen atoms in total. The summed E-state index contributed by atoms with van der Waals surface area (Å²) in [7, 11) is 0. The van der Waals surface area contributed by atoms with Gasteiger partial charge in [0.2, 0.25) is 0 Å². The van der Waals surface area contributed by atoms with Crippen molar-refractivity contribution < 1.29 is 0 Å². The van der Waals surface area contributed by atoms with Crippen molar-refractivity contribution in [2.45, 2.75) is 26.2 Å². The SMILES string of the molecule is Cc1nnc(-c2ccc(C(C)(C)C#N)cc2)c2ccccc12. The van der Waals surface area contributed by atoms with Crippen molar-refractivity contribution in [1.29, 1.82) is 5.26 Å². The van der Waals surface area contributed by atoms with Crippen molar-refractivity contribution in [3.63, 3.8) is 0 Å². The van der Waals surface area contributed by atoms with Crippen LogP contribution in [0, 0.1) is 18.3 Å². The molecule has 0 unspecified atom stereocenters. The van der Waals surface area contributed by atoms with Crippen LogP contribution in [0.4, 0.5) is 0 Å². The van der Waals surface area contributed by atoms with Crippen molar-refractivity contribution in [1.82, 2.24) is 10.2 Å². The Hall–Kier alpha value is -2.73. The van der Waals surface area contributed by atoms with Crippen molar-refractivity contribution in [2.24, 2.45) is 0 Å². The second-order valence-corrected chi connectivity index (χ2v) is 5.99. The molecule has 0 saturated heterocycles. The molecule has 1 aromatic heterocycles. The summed E-state index contributed by atoms with van der Waals surface area (Å²) in [4.78, 5) is 0. The third-order valence-electron chi connectivity index (χ3n) is 4.03. The van der Waals surface area contributed by atoms with Crippen molar-refractivity contribution in [3.05, 3.63) is 59.8 Å². The summed E-state index contributed by atoms with van der Waals surface area (Å²) >= 11 is 0. The molecule has 0 atom stereocenters. The van der Waals surface area contributed by atoms with Gasteiger partial charge in [-0.05, 0) is 26.3 Å². The Morgan fingerprint density at radius 1 is 0.909 bits per heavy atom. The normalized spacial score (nSPS) is 11.4. The quantitative estimate of drug-likeness (QED) is 0.701. The molecular weight excluding hydrogens is 270 g/mol. The molecule has 0 radical (unpaired) electrons. The van der Waals surface area contributed by atoms with Crippen LogP contribution in [-0.4, -0.2) is 10.2 Å². The molecule has 0 aliphatic carbocycles. The Morgan fingerprint density at radius 3 is 2.18 bits per heavy atom. The first kappa shape index (κ1) is 14.2. The van der Waals surface area contributed by atoms with Crippen LogP contribution in [0.3, 0.4) is 0 Å². The highest BCUT2D eigenvalue weighted by Crippen LogP contribution is 2.29. The van der Waals surface area contributed by atoms with Gasteiger partial charge in [-0.1, -0.05) is 48.5 Å². The fourth-order valence-corrected chi connectivity index (χ4v) is 2.56. The van der Waals surface area contributed by atoms with Crippen LogP contribution < -0.4 is 0 Å². The Labute approximate surface area is 130 Å². The maximum atomic E-state index is 9.23. The minimum atomic E-state index is -0.487. The summed E-state index contributed by atoms with van der Waals surface area (Å²) in [5.41, 5.74) is 3.34. The molecule has 0 spiro atoms. The first-order valence-electron chi connectivity index (χ1n) is 7.27. The number of hydrogen-bond donors (Lipinski definition) is 0. The summed E-state index contributed by atoms with van der Waals surface area (Å²) in [6.07, 6.45) is 0. The summed E-state index contributed by atoms with van der Waals surface area (Å²) in [6.45, 7) is 5.81. The van der Waals surface area contributed by atoms with Crippen LogP contribution in [0.5, 0.6) is 0 Å². The average molecular weight is 287 g/mol. The molecule has 22 heavy (non-hydrogen) atoms. The predicted molar refractivity (Wildman–Crippen MR) is 88.4 cm³/mol. The monoisotopic (exact) mass is 287 g/mol. The topological polar surface area (TPSA) is 49.6 Å². The second-order valence-electron chi connectivity index (χ2n) is 5.99. The van der Waals surface area contributed by atoms with Crippen LogP contribution in [0.25, 0.3) is 22.0 Å². The van der Waals surface area contributed by atoms with Crippen LogP contribution in [0.15, 0.2) is 48.5 Å². The molecule has 0 amide bonds. The molecule has 3 heteroatoms. The molecular formula is C19H17N3. The number of aromatic nitrogens is 2. The number of fused-ring (bicyclic) bond motifs is 1. The van der Waals surface area contributed by atoms with E-state index in [1.54, 1.807) is 0 Å². The summed E-state index contributed by atoms with van der Waals surface area (Å²) in [5, 5.41) is 20.1. The smallest absolute Gasteiger partial charge is 0.101 e. The van der Waals surface area contributed by atoms with Crippen LogP contribution in [0.1, 0.15) is 25.1 Å². The van der Waals surface area contributed by atoms with Gasteiger partial charge in [0.05, 0.1) is 17.2 Å². The second kappa shape index (κ2) is 5.23. The average Bonchev–Trinajstić information content (AvgIpc) is 2.56. The maximum Gasteiger partial charge on any atom is 0.101 e. The van der Waals surface area contributed by atoms with E-state index < -0.39 is 5.41 Å². The Balaban J connectivity index is 2.13. The van der Waals surface area contributed by atoms with Gasteiger partial charge in [-0.15, -0.1) is 5.10 Å². The molecule has 0 aliphatic rings. The fraction of sp³-hybridized carbons (Fsp3) is 0.211. The number of nitriles is 1. The lowest BCUT2D eigenvalue weighted by Gasteiger charge is -2.16. The lowest BCUT2D eigenvalue weighted by molar-refractivity contribution is 0.687. The Kier molecular flexibility index (Phi) is 3.38. The van der Waals surface area contributed by atoms with E-state index in [2.05, 4.69) is 28.4 Å². The van der Waals surface area contributed by atoms with E-state index >= 15 is 0 Å². The zero-order valence-electron chi connectivity index (χ0n) is 13.0. The zero-order valence-corrected chi connectivity index (χ0v) is 13.0. The first-order valence-corrected chi connectivity index (χ1v) is 7.27. The molecule has 0 saturated carbocycles. The number of rotatable bonds is 2. The van der Waals surface area contributed by atoms with Gasteiger partial charge in [0, 0.05) is 16.3 Å². The third-order valence-corrected chi connectivity index (χ3v) is 4.03. The highest BCUT2D eigenvalue weighted by atomic mass is 15.1. The lowest BCUT2D eigenvalue weighted by Crippen LogP contribution is -2.13. The highest BCUT2D eigenvalue weighted by Gasteiger charge is 2.19. The van der Waals surface area contributed by atoms with E-state index in [1.807, 2.05) is 57.2 Å². The highest BCUT2D eigenvalue weighted by molar-refractivity contribution is 5.95. The first-order chi connectivity index (χ1) is 10.5. The zero-order chi connectivity index (χ0) is 15.7. The lowest BCUT2D eigenvalue weighted by atomic mass is 9.86. The number of benzene rings is 2. The van der Waals surface area contributed by atoms with Gasteiger partial charge >= 0.3 is 0 Å². The molecule has 3 aromatic rings. The summed E-state index contributed by atoms with van der Waals surface area (Å²) < 4.78 is 0. The molecule has 0 bridgehead atoms. The van der Waals surface area contributed by atoms with Crippen LogP contribution >= 0.6 is 0 Å². The predicted octanol–water partition coefficient (Wildman–Crippen LogP) is 4.41. The number of aryl methyl sites for hydroxylation is 1. The van der Waals surface area contributed by atoms with Gasteiger partial charge in [-0.3, -0.25) is 0 Å². The standard InChI is InChI=1S/C19H17N3/c1-13-16-6-4-5-7-17(16)18(22-21-13)14-8-10-15(11-9-14)19(2,3)12-20/h4-11H,1-3H3. The van der Waals surface area contributed by atoms with Gasteiger partial charge in [0.15, 0.2) is 0 Å².